The first-order valence-electron chi connectivity index (χ1n) is 8.22. The summed E-state index contributed by atoms with van der Waals surface area (Å²) < 4.78 is 1.88. The maximum atomic E-state index is 12.2. The molecule has 0 fully saturated rings. The van der Waals surface area contributed by atoms with Crippen LogP contribution in [0.1, 0.15) is 21.5 Å². The number of hydrogen-bond acceptors (Lipinski definition) is 3. The highest BCUT2D eigenvalue weighted by molar-refractivity contribution is 5.94. The van der Waals surface area contributed by atoms with E-state index in [-0.39, 0.29) is 5.91 Å². The van der Waals surface area contributed by atoms with Crippen LogP contribution in [0.4, 0.5) is 5.69 Å². The lowest BCUT2D eigenvalue weighted by molar-refractivity contribution is 0.0951. The molecule has 0 bridgehead atoms. The third-order valence-electron chi connectivity index (χ3n) is 4.03. The van der Waals surface area contributed by atoms with Gasteiger partial charge in [-0.2, -0.15) is 5.10 Å². The molecule has 1 aromatic heterocycles. The van der Waals surface area contributed by atoms with E-state index in [1.807, 2.05) is 72.3 Å². The normalized spacial score (nSPS) is 10.5. The fourth-order valence-corrected chi connectivity index (χ4v) is 2.54. The fourth-order valence-electron chi connectivity index (χ4n) is 2.54. The van der Waals surface area contributed by atoms with E-state index in [9.17, 15) is 4.79 Å². The van der Waals surface area contributed by atoms with Gasteiger partial charge in [-0.05, 0) is 41.5 Å². The molecule has 3 rings (SSSR count). The molecule has 3 aromatic rings. The van der Waals surface area contributed by atoms with Gasteiger partial charge in [0.15, 0.2) is 0 Å². The van der Waals surface area contributed by atoms with Crippen LogP contribution in [0.2, 0.25) is 0 Å². The molecule has 5 heteroatoms. The van der Waals surface area contributed by atoms with Gasteiger partial charge in [0.1, 0.15) is 0 Å². The van der Waals surface area contributed by atoms with Crippen LogP contribution in [0.25, 0.3) is 0 Å². The van der Waals surface area contributed by atoms with Crippen molar-refractivity contribution in [3.8, 4) is 0 Å². The van der Waals surface area contributed by atoms with Gasteiger partial charge in [0.05, 0.1) is 6.54 Å². The largest absolute Gasteiger partial charge is 0.378 e. The lowest BCUT2D eigenvalue weighted by Crippen LogP contribution is -2.22. The zero-order valence-electron chi connectivity index (χ0n) is 14.5. The topological polar surface area (TPSA) is 50.2 Å². The van der Waals surface area contributed by atoms with E-state index in [4.69, 9.17) is 0 Å². The Balaban J connectivity index is 1.54. The Morgan fingerprint density at radius 1 is 1.04 bits per heavy atom. The third kappa shape index (κ3) is 4.47. The summed E-state index contributed by atoms with van der Waals surface area (Å²) >= 11 is 0. The van der Waals surface area contributed by atoms with E-state index in [0.717, 1.165) is 17.8 Å². The predicted molar refractivity (Wildman–Crippen MR) is 99.7 cm³/mol. The lowest BCUT2D eigenvalue weighted by atomic mass is 10.1. The SMILES string of the molecule is CN(C)c1ccc(C(=O)NCc2ccc(Cn3cccn3)cc2)cc1. The van der Waals surface area contributed by atoms with Crippen molar-refractivity contribution in [2.75, 3.05) is 19.0 Å². The fraction of sp³-hybridized carbons (Fsp3) is 0.200. The molecule has 128 valence electrons. The van der Waals surface area contributed by atoms with Gasteiger partial charge in [-0.3, -0.25) is 9.48 Å². The highest BCUT2D eigenvalue weighted by atomic mass is 16.1. The molecular formula is C20H22N4O. The monoisotopic (exact) mass is 334 g/mol. The van der Waals surface area contributed by atoms with Gasteiger partial charge in [-0.25, -0.2) is 0 Å². The summed E-state index contributed by atoms with van der Waals surface area (Å²) in [6.45, 7) is 1.26. The highest BCUT2D eigenvalue weighted by Gasteiger charge is 2.06. The molecule has 1 heterocycles. The molecule has 0 aliphatic rings. The van der Waals surface area contributed by atoms with E-state index in [2.05, 4.69) is 22.5 Å². The molecule has 0 saturated heterocycles. The van der Waals surface area contributed by atoms with Crippen molar-refractivity contribution in [1.82, 2.24) is 15.1 Å². The molecule has 2 aromatic carbocycles. The van der Waals surface area contributed by atoms with Crippen LogP contribution in [0, 0.1) is 0 Å². The van der Waals surface area contributed by atoms with Gasteiger partial charge in [0.25, 0.3) is 5.91 Å². The molecule has 0 atom stereocenters. The third-order valence-corrected chi connectivity index (χ3v) is 4.03. The lowest BCUT2D eigenvalue weighted by Gasteiger charge is -2.12. The maximum absolute atomic E-state index is 12.2. The molecular weight excluding hydrogens is 312 g/mol. The van der Waals surface area contributed by atoms with Crippen molar-refractivity contribution in [2.24, 2.45) is 0 Å². The number of anilines is 1. The second-order valence-electron chi connectivity index (χ2n) is 6.14. The molecule has 0 spiro atoms. The van der Waals surface area contributed by atoms with E-state index in [1.54, 1.807) is 6.20 Å². The summed E-state index contributed by atoms with van der Waals surface area (Å²) in [5.41, 5.74) is 3.99. The Morgan fingerprint density at radius 2 is 1.72 bits per heavy atom. The quantitative estimate of drug-likeness (QED) is 0.754. The average Bonchev–Trinajstić information content (AvgIpc) is 3.14. The van der Waals surface area contributed by atoms with Gasteiger partial charge in [-0.1, -0.05) is 24.3 Å². The van der Waals surface area contributed by atoms with Crippen LogP contribution in [0.3, 0.4) is 0 Å². The van der Waals surface area contributed by atoms with Crippen molar-refractivity contribution in [1.29, 1.82) is 0 Å². The van der Waals surface area contributed by atoms with Crippen LogP contribution in [-0.4, -0.2) is 29.8 Å². The van der Waals surface area contributed by atoms with Gasteiger partial charge >= 0.3 is 0 Å². The van der Waals surface area contributed by atoms with Crippen LogP contribution < -0.4 is 10.2 Å². The van der Waals surface area contributed by atoms with E-state index in [1.165, 1.54) is 5.56 Å². The highest BCUT2D eigenvalue weighted by Crippen LogP contribution is 2.12. The summed E-state index contributed by atoms with van der Waals surface area (Å²) in [5.74, 6) is -0.0640. The van der Waals surface area contributed by atoms with Crippen molar-refractivity contribution >= 4 is 11.6 Å². The predicted octanol–water partition coefficient (Wildman–Crippen LogP) is 2.93. The molecule has 0 aliphatic heterocycles. The number of nitrogens with one attached hydrogen (secondary N) is 1. The van der Waals surface area contributed by atoms with Gasteiger partial charge < -0.3 is 10.2 Å². The Labute approximate surface area is 147 Å². The number of carbonyl (C=O) groups is 1. The minimum Gasteiger partial charge on any atom is -0.378 e. The minimum absolute atomic E-state index is 0.0640. The summed E-state index contributed by atoms with van der Waals surface area (Å²) in [4.78, 5) is 14.2. The second-order valence-corrected chi connectivity index (χ2v) is 6.14. The average molecular weight is 334 g/mol. The minimum atomic E-state index is -0.0640. The van der Waals surface area contributed by atoms with E-state index >= 15 is 0 Å². The smallest absolute Gasteiger partial charge is 0.251 e. The summed E-state index contributed by atoms with van der Waals surface area (Å²) in [6.07, 6.45) is 3.71. The maximum Gasteiger partial charge on any atom is 0.251 e. The standard InChI is InChI=1S/C20H22N4O/c1-23(2)19-10-8-18(9-11-19)20(25)21-14-16-4-6-17(7-5-16)15-24-13-3-12-22-24/h3-13H,14-15H2,1-2H3,(H,21,25). The molecule has 0 unspecified atom stereocenters. The zero-order chi connectivity index (χ0) is 17.6. The van der Waals surface area contributed by atoms with Crippen molar-refractivity contribution in [3.63, 3.8) is 0 Å². The summed E-state index contributed by atoms with van der Waals surface area (Å²) in [5, 5.41) is 7.16. The number of benzene rings is 2. The molecule has 0 aliphatic carbocycles. The molecule has 1 amide bonds. The molecule has 25 heavy (non-hydrogen) atoms. The summed E-state index contributed by atoms with van der Waals surface area (Å²) in [7, 11) is 3.95. The van der Waals surface area contributed by atoms with E-state index < -0.39 is 0 Å². The summed E-state index contributed by atoms with van der Waals surface area (Å²) in [6, 6.07) is 17.7. The number of rotatable bonds is 6. The number of aromatic nitrogens is 2. The molecule has 5 nitrogen and oxygen atoms in total. The van der Waals surface area contributed by atoms with Crippen molar-refractivity contribution in [3.05, 3.63) is 83.7 Å². The molecule has 0 radical (unpaired) electrons. The van der Waals surface area contributed by atoms with Gasteiger partial charge in [-0.15, -0.1) is 0 Å². The Bertz CT molecular complexity index is 806. The van der Waals surface area contributed by atoms with Crippen molar-refractivity contribution in [2.45, 2.75) is 13.1 Å². The van der Waals surface area contributed by atoms with Crippen LogP contribution in [0.15, 0.2) is 67.0 Å². The number of carbonyl (C=O) groups excluding carboxylic acids is 1. The first-order valence-corrected chi connectivity index (χ1v) is 8.22. The first-order chi connectivity index (χ1) is 12.1. The van der Waals surface area contributed by atoms with Crippen molar-refractivity contribution < 1.29 is 4.79 Å². The van der Waals surface area contributed by atoms with E-state index in [0.29, 0.717) is 12.1 Å². The first kappa shape index (κ1) is 16.8. The zero-order valence-corrected chi connectivity index (χ0v) is 14.5. The number of amides is 1. The van der Waals surface area contributed by atoms with Crippen LogP contribution >= 0.6 is 0 Å². The van der Waals surface area contributed by atoms with Crippen LogP contribution in [0.5, 0.6) is 0 Å². The van der Waals surface area contributed by atoms with Gasteiger partial charge in [0, 0.05) is 44.3 Å². The number of hydrogen-bond donors (Lipinski definition) is 1. The Hall–Kier alpha value is -3.08. The second kappa shape index (κ2) is 7.66. The Kier molecular flexibility index (Phi) is 5.14. The van der Waals surface area contributed by atoms with Gasteiger partial charge in [0.2, 0.25) is 0 Å². The number of nitrogens with zero attached hydrogens (tertiary/aromatic N) is 3. The molecule has 1 N–H and O–H groups in total. The molecule has 0 saturated carbocycles. The van der Waals surface area contributed by atoms with Crippen LogP contribution in [-0.2, 0) is 13.1 Å². The Morgan fingerprint density at radius 3 is 2.32 bits per heavy atom.